The van der Waals surface area contributed by atoms with E-state index in [1.807, 2.05) is 13.0 Å². The van der Waals surface area contributed by atoms with Crippen LogP contribution in [0.5, 0.6) is 0 Å². The van der Waals surface area contributed by atoms with E-state index in [9.17, 15) is 22.0 Å². The van der Waals surface area contributed by atoms with Crippen LogP contribution in [0.2, 0.25) is 0 Å². The Balaban J connectivity index is 1.61. The number of carbonyl (C=O) groups excluding carboxylic acids is 1. The molecule has 12 heteroatoms. The first kappa shape index (κ1) is 27.6. The fourth-order valence-electron chi connectivity index (χ4n) is 4.76. The minimum absolute atomic E-state index is 0.0442. The van der Waals surface area contributed by atoms with Crippen molar-refractivity contribution in [2.45, 2.75) is 6.92 Å². The molecule has 6 rings (SSSR count). The molecule has 0 aliphatic heterocycles. The Bertz CT molecular complexity index is 2130. The number of hydrogen-bond acceptors (Lipinski definition) is 7. The van der Waals surface area contributed by atoms with Crippen LogP contribution >= 0.6 is 11.3 Å². The van der Waals surface area contributed by atoms with Gasteiger partial charge in [0.05, 0.1) is 22.4 Å². The average Bonchev–Trinajstić information content (AvgIpc) is 3.66. The fourth-order valence-corrected chi connectivity index (χ4v) is 6.40. The molecule has 1 N–H and O–H groups in total. The van der Waals surface area contributed by atoms with E-state index in [1.165, 1.54) is 55.8 Å². The number of halogens is 2. The van der Waals surface area contributed by atoms with Gasteiger partial charge < -0.3 is 14.2 Å². The van der Waals surface area contributed by atoms with Crippen molar-refractivity contribution in [3.05, 3.63) is 83.4 Å². The Labute approximate surface area is 243 Å². The molecule has 0 saturated heterocycles. The molecule has 0 bridgehead atoms. The number of anilines is 1. The zero-order valence-corrected chi connectivity index (χ0v) is 24.4. The smallest absolute Gasteiger partial charge is 0.255 e. The highest BCUT2D eigenvalue weighted by Crippen LogP contribution is 2.45. The molecule has 42 heavy (non-hydrogen) atoms. The summed E-state index contributed by atoms with van der Waals surface area (Å²) in [5, 5.41) is 3.06. The lowest BCUT2D eigenvalue weighted by atomic mass is 10.0. The third-order valence-electron chi connectivity index (χ3n) is 6.95. The number of aryl methyl sites for hydroxylation is 1. The summed E-state index contributed by atoms with van der Waals surface area (Å²) in [6, 6.07) is 15.1. The topological polar surface area (TPSA) is 106 Å². The normalized spacial score (nSPS) is 11.9. The molecule has 3 aromatic carbocycles. The number of hydrogen-bond donors (Lipinski definition) is 1. The van der Waals surface area contributed by atoms with Crippen molar-refractivity contribution >= 4 is 55.0 Å². The van der Waals surface area contributed by atoms with Crippen molar-refractivity contribution < 1.29 is 30.8 Å². The van der Waals surface area contributed by atoms with E-state index in [0.29, 0.717) is 37.5 Å². The van der Waals surface area contributed by atoms with Gasteiger partial charge in [0.15, 0.2) is 11.4 Å². The minimum Gasteiger partial charge on any atom is -0.455 e. The second-order valence-corrected chi connectivity index (χ2v) is 12.8. The number of nitrogens with one attached hydrogen (secondary N) is 1. The van der Waals surface area contributed by atoms with E-state index in [4.69, 9.17) is 8.83 Å². The molecule has 3 aromatic heterocycles. The summed E-state index contributed by atoms with van der Waals surface area (Å²) in [6.07, 6.45) is 1.08. The number of carbonyl (C=O) groups is 1. The molecule has 3 heterocycles. The average molecular weight is 608 g/mol. The summed E-state index contributed by atoms with van der Waals surface area (Å²) in [7, 11) is -0.799. The lowest BCUT2D eigenvalue weighted by molar-refractivity contribution is 0.0964. The predicted octanol–water partition coefficient (Wildman–Crippen LogP) is 6.98. The Morgan fingerprint density at radius 3 is 2.45 bits per heavy atom. The first-order valence-corrected chi connectivity index (χ1v) is 15.3. The Morgan fingerprint density at radius 2 is 1.79 bits per heavy atom. The highest BCUT2D eigenvalue weighted by Gasteiger charge is 2.27. The monoisotopic (exact) mass is 607 g/mol. The zero-order valence-electron chi connectivity index (χ0n) is 22.8. The van der Waals surface area contributed by atoms with Crippen molar-refractivity contribution in [1.82, 2.24) is 10.3 Å². The molecule has 6 aromatic rings. The predicted molar refractivity (Wildman–Crippen MR) is 159 cm³/mol. The highest BCUT2D eigenvalue weighted by atomic mass is 32.2. The van der Waals surface area contributed by atoms with Crippen molar-refractivity contribution in [2.24, 2.45) is 0 Å². The molecule has 0 aliphatic carbocycles. The van der Waals surface area contributed by atoms with Crippen LogP contribution in [-0.2, 0) is 10.0 Å². The first-order chi connectivity index (χ1) is 20.0. The molecule has 0 fully saturated rings. The van der Waals surface area contributed by atoms with Gasteiger partial charge in [-0.1, -0.05) is 6.07 Å². The van der Waals surface area contributed by atoms with Crippen LogP contribution in [-0.4, -0.2) is 39.7 Å². The third kappa shape index (κ3) is 4.62. The number of sulfonamides is 1. The Kier molecular flexibility index (Phi) is 6.62. The van der Waals surface area contributed by atoms with Gasteiger partial charge in [-0.3, -0.25) is 9.10 Å². The zero-order chi connectivity index (χ0) is 29.9. The van der Waals surface area contributed by atoms with Gasteiger partial charge in [0, 0.05) is 41.6 Å². The van der Waals surface area contributed by atoms with E-state index < -0.39 is 27.6 Å². The van der Waals surface area contributed by atoms with E-state index >= 15 is 0 Å². The first-order valence-electron chi connectivity index (χ1n) is 12.6. The number of thiophene rings is 1. The SMILES string of the molecule is CNC(=O)c1c(-c2ccc(F)cc2)oc2cc(N(C)S(C)(=O)=O)c(-c3cc(C)c(-c4nc5cccc(F)c5o4)s3)cc12. The van der Waals surface area contributed by atoms with E-state index in [2.05, 4.69) is 10.3 Å². The lowest BCUT2D eigenvalue weighted by Crippen LogP contribution is -2.25. The molecule has 0 unspecified atom stereocenters. The maximum absolute atomic E-state index is 14.3. The van der Waals surface area contributed by atoms with E-state index in [0.717, 1.165) is 16.1 Å². The number of benzene rings is 3. The molecule has 8 nitrogen and oxygen atoms in total. The maximum atomic E-state index is 14.3. The molecule has 1 amide bonds. The van der Waals surface area contributed by atoms with Crippen molar-refractivity contribution in [1.29, 1.82) is 0 Å². The second-order valence-electron chi connectivity index (χ2n) is 9.72. The number of oxazole rings is 1. The summed E-state index contributed by atoms with van der Waals surface area (Å²) < 4.78 is 66.4. The quantitative estimate of drug-likeness (QED) is 0.219. The summed E-state index contributed by atoms with van der Waals surface area (Å²) >= 11 is 1.29. The van der Waals surface area contributed by atoms with Crippen LogP contribution in [0, 0.1) is 18.6 Å². The Morgan fingerprint density at radius 1 is 1.05 bits per heavy atom. The number of rotatable bonds is 6. The number of aromatic nitrogens is 1. The fraction of sp³-hybridized carbons (Fsp3) is 0.133. The molecule has 0 atom stereocenters. The van der Waals surface area contributed by atoms with Crippen LogP contribution < -0.4 is 9.62 Å². The van der Waals surface area contributed by atoms with Gasteiger partial charge in [-0.05, 0) is 61.0 Å². The van der Waals surface area contributed by atoms with Gasteiger partial charge in [-0.25, -0.2) is 22.2 Å². The minimum atomic E-state index is -3.71. The number of para-hydroxylation sites is 1. The van der Waals surface area contributed by atoms with E-state index in [-0.39, 0.29) is 28.4 Å². The van der Waals surface area contributed by atoms with Crippen molar-refractivity contribution in [3.8, 4) is 32.5 Å². The van der Waals surface area contributed by atoms with Crippen molar-refractivity contribution in [3.63, 3.8) is 0 Å². The summed E-state index contributed by atoms with van der Waals surface area (Å²) in [6.45, 7) is 1.85. The van der Waals surface area contributed by atoms with Crippen LogP contribution in [0.1, 0.15) is 15.9 Å². The van der Waals surface area contributed by atoms with Gasteiger partial charge in [0.1, 0.15) is 22.7 Å². The third-order valence-corrected chi connectivity index (χ3v) is 9.40. The lowest BCUT2D eigenvalue weighted by Gasteiger charge is -2.20. The molecular weight excluding hydrogens is 584 g/mol. The van der Waals surface area contributed by atoms with Crippen LogP contribution in [0.25, 0.3) is 54.6 Å². The summed E-state index contributed by atoms with van der Waals surface area (Å²) in [5.74, 6) is -0.954. The molecule has 0 radical (unpaired) electrons. The largest absolute Gasteiger partial charge is 0.455 e. The molecular formula is C30H23F2N3O5S2. The van der Waals surface area contributed by atoms with Gasteiger partial charge in [0.25, 0.3) is 5.91 Å². The maximum Gasteiger partial charge on any atom is 0.255 e. The summed E-state index contributed by atoms with van der Waals surface area (Å²) in [4.78, 5) is 18.9. The van der Waals surface area contributed by atoms with Crippen molar-refractivity contribution in [2.75, 3.05) is 24.7 Å². The number of fused-ring (bicyclic) bond motifs is 2. The molecule has 0 aliphatic rings. The number of nitrogens with zero attached hydrogens (tertiary/aromatic N) is 2. The van der Waals surface area contributed by atoms with Crippen LogP contribution in [0.3, 0.4) is 0 Å². The standard InChI is InChI=1S/C30H23F2N3O5S2/c1-15-12-24(41-28(15)30-34-21-7-5-6-20(32)27(21)40-30)18-13-19-23(14-22(18)35(3)42(4,37)38)39-26(25(19)29(36)33-2)16-8-10-17(31)11-9-16/h5-14H,1-4H3,(H,33,36). The molecule has 0 saturated carbocycles. The van der Waals surface area contributed by atoms with Crippen LogP contribution in [0.4, 0.5) is 14.5 Å². The van der Waals surface area contributed by atoms with Gasteiger partial charge in [-0.15, -0.1) is 11.3 Å². The Hall–Kier alpha value is -4.55. The van der Waals surface area contributed by atoms with Crippen LogP contribution in [0.15, 0.2) is 69.5 Å². The number of furan rings is 1. The molecule has 214 valence electrons. The van der Waals surface area contributed by atoms with E-state index in [1.54, 1.807) is 24.3 Å². The van der Waals surface area contributed by atoms with Gasteiger partial charge in [-0.2, -0.15) is 0 Å². The number of amides is 1. The highest BCUT2D eigenvalue weighted by molar-refractivity contribution is 7.92. The molecule has 0 spiro atoms. The van der Waals surface area contributed by atoms with Gasteiger partial charge in [0.2, 0.25) is 15.9 Å². The summed E-state index contributed by atoms with van der Waals surface area (Å²) in [5.41, 5.74) is 2.98. The second kappa shape index (κ2) is 10.1. The van der Waals surface area contributed by atoms with Gasteiger partial charge >= 0.3 is 0 Å².